The first-order valence-corrected chi connectivity index (χ1v) is 5.26. The molecule has 6 heteroatoms. The smallest absolute Gasteiger partial charge is 0.330 e. The van der Waals surface area contributed by atoms with Gasteiger partial charge in [-0.25, -0.2) is 14.2 Å². The van der Waals surface area contributed by atoms with Gasteiger partial charge >= 0.3 is 5.97 Å². The molecule has 1 atom stereocenters. The predicted octanol–water partition coefficient (Wildman–Crippen LogP) is 0.599. The van der Waals surface area contributed by atoms with E-state index in [9.17, 15) is 9.18 Å². The molecule has 5 nitrogen and oxygen atoms in total. The number of nitrogens with zero attached hydrogens (tertiary/aromatic N) is 2. The van der Waals surface area contributed by atoms with Crippen molar-refractivity contribution in [2.24, 2.45) is 0 Å². The van der Waals surface area contributed by atoms with Crippen LogP contribution >= 0.6 is 0 Å². The maximum Gasteiger partial charge on any atom is 0.330 e. The first-order chi connectivity index (χ1) is 8.22. The Balaban J connectivity index is 2.21. The zero-order valence-electron chi connectivity index (χ0n) is 9.43. The van der Waals surface area contributed by atoms with Crippen LogP contribution in [0.1, 0.15) is 0 Å². The summed E-state index contributed by atoms with van der Waals surface area (Å²) in [7, 11) is 1.33. The third-order valence-electron chi connectivity index (χ3n) is 2.61. The van der Waals surface area contributed by atoms with E-state index in [0.29, 0.717) is 19.0 Å². The number of methoxy groups -OCH3 is 1. The summed E-state index contributed by atoms with van der Waals surface area (Å²) < 4.78 is 22.7. The van der Waals surface area contributed by atoms with Crippen LogP contribution in [0.3, 0.4) is 0 Å². The van der Waals surface area contributed by atoms with Crippen LogP contribution in [-0.4, -0.2) is 43.9 Å². The molecule has 0 aromatic carbocycles. The summed E-state index contributed by atoms with van der Waals surface area (Å²) in [6.45, 7) is 1.29. The first-order valence-electron chi connectivity index (χ1n) is 5.26. The SMILES string of the molecule is COC(=O)C1COCCN1c1ccc(F)cn1. The van der Waals surface area contributed by atoms with E-state index in [1.54, 1.807) is 4.90 Å². The number of aromatic nitrogens is 1. The fourth-order valence-electron chi connectivity index (χ4n) is 1.75. The summed E-state index contributed by atoms with van der Waals surface area (Å²) in [6.07, 6.45) is 1.12. The number of hydrogen-bond donors (Lipinski definition) is 0. The van der Waals surface area contributed by atoms with Gasteiger partial charge in [-0.3, -0.25) is 0 Å². The highest BCUT2D eigenvalue weighted by Gasteiger charge is 2.31. The van der Waals surface area contributed by atoms with Crippen molar-refractivity contribution in [3.63, 3.8) is 0 Å². The number of carbonyl (C=O) groups is 1. The van der Waals surface area contributed by atoms with Crippen LogP contribution in [0, 0.1) is 5.82 Å². The van der Waals surface area contributed by atoms with Gasteiger partial charge < -0.3 is 14.4 Å². The topological polar surface area (TPSA) is 51.7 Å². The number of carbonyl (C=O) groups excluding carboxylic acids is 1. The van der Waals surface area contributed by atoms with E-state index < -0.39 is 11.9 Å². The number of hydrogen-bond acceptors (Lipinski definition) is 5. The molecule has 1 unspecified atom stereocenters. The minimum atomic E-state index is -0.522. The molecule has 1 aromatic rings. The van der Waals surface area contributed by atoms with Gasteiger partial charge in [0, 0.05) is 6.54 Å². The van der Waals surface area contributed by atoms with E-state index in [0.717, 1.165) is 6.20 Å². The van der Waals surface area contributed by atoms with Gasteiger partial charge in [-0.05, 0) is 12.1 Å². The maximum atomic E-state index is 12.8. The van der Waals surface area contributed by atoms with Crippen LogP contribution in [0.2, 0.25) is 0 Å². The van der Waals surface area contributed by atoms with Crippen LogP contribution in [0.4, 0.5) is 10.2 Å². The van der Waals surface area contributed by atoms with Gasteiger partial charge in [0.25, 0.3) is 0 Å². The average Bonchev–Trinajstić information content (AvgIpc) is 2.39. The summed E-state index contributed by atoms with van der Waals surface area (Å²) in [5.74, 6) is -0.238. The molecule has 0 aliphatic carbocycles. The molecule has 0 amide bonds. The molecule has 1 fully saturated rings. The van der Waals surface area contributed by atoms with E-state index in [4.69, 9.17) is 9.47 Å². The highest BCUT2D eigenvalue weighted by atomic mass is 19.1. The minimum absolute atomic E-state index is 0.256. The second-order valence-electron chi connectivity index (χ2n) is 3.64. The van der Waals surface area contributed by atoms with Crippen molar-refractivity contribution < 1.29 is 18.7 Å². The van der Waals surface area contributed by atoms with Crippen molar-refractivity contribution >= 4 is 11.8 Å². The quantitative estimate of drug-likeness (QED) is 0.708. The fraction of sp³-hybridized carbons (Fsp3) is 0.455. The average molecular weight is 240 g/mol. The Bertz CT molecular complexity index is 396. The molecule has 17 heavy (non-hydrogen) atoms. The first kappa shape index (κ1) is 11.8. The molecule has 1 aromatic heterocycles. The molecule has 0 radical (unpaired) electrons. The molecule has 2 rings (SSSR count). The van der Waals surface area contributed by atoms with Crippen molar-refractivity contribution in [2.75, 3.05) is 31.8 Å². The Morgan fingerprint density at radius 1 is 1.65 bits per heavy atom. The van der Waals surface area contributed by atoms with Crippen molar-refractivity contribution in [1.82, 2.24) is 4.98 Å². The van der Waals surface area contributed by atoms with Gasteiger partial charge in [0.2, 0.25) is 0 Å². The van der Waals surface area contributed by atoms with Crippen molar-refractivity contribution in [3.8, 4) is 0 Å². The Morgan fingerprint density at radius 2 is 2.47 bits per heavy atom. The van der Waals surface area contributed by atoms with E-state index in [1.165, 1.54) is 19.2 Å². The van der Waals surface area contributed by atoms with E-state index in [2.05, 4.69) is 4.98 Å². The third kappa shape index (κ3) is 2.52. The third-order valence-corrected chi connectivity index (χ3v) is 2.61. The summed E-state index contributed by atoms with van der Waals surface area (Å²) >= 11 is 0. The number of halogens is 1. The van der Waals surface area contributed by atoms with Crippen molar-refractivity contribution in [2.45, 2.75) is 6.04 Å². The van der Waals surface area contributed by atoms with Gasteiger partial charge in [-0.2, -0.15) is 0 Å². The number of rotatable bonds is 2. The lowest BCUT2D eigenvalue weighted by Crippen LogP contribution is -2.51. The largest absolute Gasteiger partial charge is 0.467 e. The lowest BCUT2D eigenvalue weighted by Gasteiger charge is -2.34. The Labute approximate surface area is 98.1 Å². The molecular weight excluding hydrogens is 227 g/mol. The van der Waals surface area contributed by atoms with Crippen LogP contribution in [0.5, 0.6) is 0 Å². The van der Waals surface area contributed by atoms with Crippen LogP contribution in [0.15, 0.2) is 18.3 Å². The normalized spacial score (nSPS) is 20.1. The van der Waals surface area contributed by atoms with Crippen molar-refractivity contribution in [1.29, 1.82) is 0 Å². The number of esters is 1. The standard InChI is InChI=1S/C11H13FN2O3/c1-16-11(15)9-7-17-5-4-14(9)10-3-2-8(12)6-13-10/h2-3,6,9H,4-5,7H2,1H3. The molecule has 0 bridgehead atoms. The molecule has 92 valence electrons. The lowest BCUT2D eigenvalue weighted by molar-refractivity contribution is -0.144. The highest BCUT2D eigenvalue weighted by Crippen LogP contribution is 2.18. The molecule has 1 saturated heterocycles. The minimum Gasteiger partial charge on any atom is -0.467 e. The number of anilines is 1. The second kappa shape index (κ2) is 5.09. The Kier molecular flexibility index (Phi) is 3.53. The number of pyridine rings is 1. The Morgan fingerprint density at radius 3 is 3.12 bits per heavy atom. The summed E-state index contributed by atoms with van der Waals surface area (Å²) in [5.41, 5.74) is 0. The molecule has 1 aliphatic heterocycles. The number of ether oxygens (including phenoxy) is 2. The second-order valence-corrected chi connectivity index (χ2v) is 3.64. The summed E-state index contributed by atoms with van der Waals surface area (Å²) in [6, 6.07) is 2.33. The fourth-order valence-corrected chi connectivity index (χ4v) is 1.75. The number of morpholine rings is 1. The van der Waals surface area contributed by atoms with Gasteiger partial charge in [-0.1, -0.05) is 0 Å². The molecule has 0 saturated carbocycles. The van der Waals surface area contributed by atoms with Crippen LogP contribution in [-0.2, 0) is 14.3 Å². The maximum absolute atomic E-state index is 12.8. The predicted molar refractivity (Wildman–Crippen MR) is 58.2 cm³/mol. The highest BCUT2D eigenvalue weighted by molar-refractivity contribution is 5.80. The van der Waals surface area contributed by atoms with Crippen LogP contribution in [0.25, 0.3) is 0 Å². The van der Waals surface area contributed by atoms with E-state index in [1.807, 2.05) is 0 Å². The molecule has 1 aliphatic rings. The van der Waals surface area contributed by atoms with Crippen molar-refractivity contribution in [3.05, 3.63) is 24.1 Å². The summed E-state index contributed by atoms with van der Waals surface area (Å²) in [5, 5.41) is 0. The molecule has 0 spiro atoms. The molecule has 0 N–H and O–H groups in total. The van der Waals surface area contributed by atoms with Gasteiger partial charge in [-0.15, -0.1) is 0 Å². The van der Waals surface area contributed by atoms with Gasteiger partial charge in [0.05, 0.1) is 26.5 Å². The Hall–Kier alpha value is -1.69. The van der Waals surface area contributed by atoms with Gasteiger partial charge in [0.15, 0.2) is 6.04 Å². The summed E-state index contributed by atoms with van der Waals surface area (Å²) in [4.78, 5) is 17.3. The molecule has 2 heterocycles. The zero-order valence-corrected chi connectivity index (χ0v) is 9.43. The van der Waals surface area contributed by atoms with Crippen LogP contribution < -0.4 is 4.90 Å². The van der Waals surface area contributed by atoms with Gasteiger partial charge in [0.1, 0.15) is 11.6 Å². The monoisotopic (exact) mass is 240 g/mol. The van der Waals surface area contributed by atoms with E-state index >= 15 is 0 Å². The zero-order chi connectivity index (χ0) is 12.3. The molecular formula is C11H13FN2O3. The lowest BCUT2D eigenvalue weighted by atomic mass is 10.2. The van der Waals surface area contributed by atoms with E-state index in [-0.39, 0.29) is 12.6 Å².